The Hall–Kier alpha value is -3.88. The normalized spacial score (nSPS) is 10.4. The van der Waals surface area contributed by atoms with E-state index >= 15 is 0 Å². The number of hydrogen-bond acceptors (Lipinski definition) is 5. The molecule has 1 aromatic heterocycles. The topological polar surface area (TPSA) is 63.0 Å². The number of pyridine rings is 1. The van der Waals surface area contributed by atoms with Crippen LogP contribution in [0.5, 0.6) is 5.75 Å². The van der Waals surface area contributed by atoms with Crippen molar-refractivity contribution in [1.82, 2.24) is 4.98 Å². The van der Waals surface area contributed by atoms with Gasteiger partial charge in [-0.2, -0.15) is 5.26 Å². The number of para-hydroxylation sites is 1. The number of aromatic nitrogens is 1. The van der Waals surface area contributed by atoms with Crippen molar-refractivity contribution in [2.45, 2.75) is 5.03 Å². The number of rotatable bonds is 7. The Morgan fingerprint density at radius 3 is 2.28 bits per heavy atom. The zero-order valence-electron chi connectivity index (χ0n) is 17.5. The van der Waals surface area contributed by atoms with Gasteiger partial charge in [-0.05, 0) is 12.1 Å². The fourth-order valence-electron chi connectivity index (χ4n) is 3.41. The van der Waals surface area contributed by atoms with Gasteiger partial charge >= 0.3 is 0 Å². The molecule has 0 saturated carbocycles. The standard InChI is InChI=1S/C27H20N2O2S/c1-31-26-15-9-8-14-21(26)22-16-24(19-10-4-2-5-11-19)29-27(23(22)17-28)32-18-25(30)20-12-6-3-7-13-20/h2-16H,18H2,1H3. The fourth-order valence-corrected chi connectivity index (χ4v) is 4.31. The van der Waals surface area contributed by atoms with Gasteiger partial charge in [0.15, 0.2) is 5.78 Å². The summed E-state index contributed by atoms with van der Waals surface area (Å²) in [4.78, 5) is 17.4. The van der Waals surface area contributed by atoms with Crippen LogP contribution in [0.1, 0.15) is 15.9 Å². The summed E-state index contributed by atoms with van der Waals surface area (Å²) in [5, 5.41) is 10.6. The van der Waals surface area contributed by atoms with Crippen molar-refractivity contribution in [3.8, 4) is 34.2 Å². The van der Waals surface area contributed by atoms with Crippen LogP contribution in [0.2, 0.25) is 0 Å². The summed E-state index contributed by atoms with van der Waals surface area (Å²) >= 11 is 1.28. The van der Waals surface area contributed by atoms with Crippen molar-refractivity contribution in [3.63, 3.8) is 0 Å². The summed E-state index contributed by atoms with van der Waals surface area (Å²) in [6.45, 7) is 0. The molecule has 32 heavy (non-hydrogen) atoms. The first-order chi connectivity index (χ1) is 15.7. The summed E-state index contributed by atoms with van der Waals surface area (Å²) < 4.78 is 5.55. The first-order valence-electron chi connectivity index (χ1n) is 10.1. The second-order valence-corrected chi connectivity index (χ2v) is 7.96. The molecule has 4 aromatic rings. The number of Topliss-reactive ketones (excluding diaryl/α,β-unsaturated/α-hetero) is 1. The minimum atomic E-state index is -0.00903. The number of benzene rings is 3. The van der Waals surface area contributed by atoms with Crippen molar-refractivity contribution in [3.05, 3.63) is 102 Å². The molecular weight excluding hydrogens is 416 g/mol. The molecule has 0 spiro atoms. The van der Waals surface area contributed by atoms with Crippen LogP contribution in [0.3, 0.4) is 0 Å². The van der Waals surface area contributed by atoms with E-state index in [0.29, 0.717) is 21.9 Å². The highest BCUT2D eigenvalue weighted by Crippen LogP contribution is 2.38. The van der Waals surface area contributed by atoms with Gasteiger partial charge in [0.2, 0.25) is 0 Å². The average Bonchev–Trinajstić information content (AvgIpc) is 2.87. The smallest absolute Gasteiger partial charge is 0.173 e. The number of hydrogen-bond donors (Lipinski definition) is 0. The number of carbonyl (C=O) groups is 1. The lowest BCUT2D eigenvalue weighted by Crippen LogP contribution is -2.04. The second kappa shape index (κ2) is 9.95. The van der Waals surface area contributed by atoms with E-state index in [-0.39, 0.29) is 11.5 Å². The van der Waals surface area contributed by atoms with E-state index in [9.17, 15) is 10.1 Å². The number of methoxy groups -OCH3 is 1. The highest BCUT2D eigenvalue weighted by Gasteiger charge is 2.19. The third kappa shape index (κ3) is 4.56. The Morgan fingerprint density at radius 1 is 0.938 bits per heavy atom. The first kappa shape index (κ1) is 21.4. The Kier molecular flexibility index (Phi) is 6.64. The van der Waals surface area contributed by atoms with Gasteiger partial charge in [-0.1, -0.05) is 90.6 Å². The van der Waals surface area contributed by atoms with Crippen LogP contribution in [-0.2, 0) is 0 Å². The molecule has 4 rings (SSSR count). The van der Waals surface area contributed by atoms with Gasteiger partial charge in [-0.15, -0.1) is 0 Å². The quantitative estimate of drug-likeness (QED) is 0.252. The predicted octanol–water partition coefficient (Wildman–Crippen LogP) is 6.27. The van der Waals surface area contributed by atoms with Gasteiger partial charge in [0.1, 0.15) is 16.8 Å². The number of ether oxygens (including phenoxy) is 1. The molecule has 156 valence electrons. The van der Waals surface area contributed by atoms with E-state index in [2.05, 4.69) is 6.07 Å². The van der Waals surface area contributed by atoms with Gasteiger partial charge < -0.3 is 4.74 Å². The molecule has 0 N–H and O–H groups in total. The number of thioether (sulfide) groups is 1. The van der Waals surface area contributed by atoms with Gasteiger partial charge in [0, 0.05) is 22.3 Å². The highest BCUT2D eigenvalue weighted by molar-refractivity contribution is 8.00. The molecule has 0 atom stereocenters. The maximum atomic E-state index is 12.7. The van der Waals surface area contributed by atoms with Gasteiger partial charge in [0.25, 0.3) is 0 Å². The Morgan fingerprint density at radius 2 is 1.59 bits per heavy atom. The van der Waals surface area contributed by atoms with Gasteiger partial charge in [0.05, 0.1) is 24.1 Å². The molecule has 0 aliphatic carbocycles. The number of nitriles is 1. The van der Waals surface area contributed by atoms with Crippen LogP contribution < -0.4 is 4.74 Å². The van der Waals surface area contributed by atoms with E-state index in [1.165, 1.54) is 11.8 Å². The maximum absolute atomic E-state index is 12.7. The molecule has 0 fully saturated rings. The molecule has 0 unspecified atom stereocenters. The third-order valence-corrected chi connectivity index (χ3v) is 5.98. The molecule has 4 nitrogen and oxygen atoms in total. The summed E-state index contributed by atoms with van der Waals surface area (Å²) in [7, 11) is 1.61. The molecule has 0 aliphatic rings. The lowest BCUT2D eigenvalue weighted by atomic mass is 9.98. The summed E-state index contributed by atoms with van der Waals surface area (Å²) in [6.07, 6.45) is 0. The number of ketones is 1. The minimum absolute atomic E-state index is 0.00903. The van der Waals surface area contributed by atoms with E-state index in [1.807, 2.05) is 78.9 Å². The Bertz CT molecular complexity index is 1280. The molecule has 1 heterocycles. The van der Waals surface area contributed by atoms with Crippen LogP contribution in [0.15, 0.2) is 96.0 Å². The molecule has 0 saturated heterocycles. The van der Waals surface area contributed by atoms with Gasteiger partial charge in [-0.3, -0.25) is 4.79 Å². The van der Waals surface area contributed by atoms with Crippen LogP contribution in [-0.4, -0.2) is 23.6 Å². The van der Waals surface area contributed by atoms with Crippen molar-refractivity contribution < 1.29 is 9.53 Å². The second-order valence-electron chi connectivity index (χ2n) is 6.99. The summed E-state index contributed by atoms with van der Waals surface area (Å²) in [5.41, 5.74) is 4.28. The Balaban J connectivity index is 1.81. The summed E-state index contributed by atoms with van der Waals surface area (Å²) in [5.74, 6) is 0.853. The summed E-state index contributed by atoms with van der Waals surface area (Å²) in [6, 6.07) is 30.7. The molecule has 0 amide bonds. The lowest BCUT2D eigenvalue weighted by molar-refractivity contribution is 0.102. The monoisotopic (exact) mass is 436 g/mol. The van der Waals surface area contributed by atoms with Crippen molar-refractivity contribution in [2.75, 3.05) is 12.9 Å². The highest BCUT2D eigenvalue weighted by atomic mass is 32.2. The average molecular weight is 437 g/mol. The van der Waals surface area contributed by atoms with Gasteiger partial charge in [-0.25, -0.2) is 4.98 Å². The van der Waals surface area contributed by atoms with E-state index in [0.717, 1.165) is 22.4 Å². The molecule has 3 aromatic carbocycles. The van der Waals surface area contributed by atoms with E-state index in [4.69, 9.17) is 9.72 Å². The SMILES string of the molecule is COc1ccccc1-c1cc(-c2ccccc2)nc(SCC(=O)c2ccccc2)c1C#N. The zero-order chi connectivity index (χ0) is 22.3. The lowest BCUT2D eigenvalue weighted by Gasteiger charge is -2.14. The van der Waals surface area contributed by atoms with E-state index in [1.54, 1.807) is 19.2 Å². The van der Waals surface area contributed by atoms with Crippen molar-refractivity contribution >= 4 is 17.5 Å². The van der Waals surface area contributed by atoms with E-state index < -0.39 is 0 Å². The first-order valence-corrected chi connectivity index (χ1v) is 11.0. The van der Waals surface area contributed by atoms with Crippen molar-refractivity contribution in [1.29, 1.82) is 5.26 Å². The minimum Gasteiger partial charge on any atom is -0.496 e. The van der Waals surface area contributed by atoms with Crippen LogP contribution in [0.4, 0.5) is 0 Å². The predicted molar refractivity (Wildman–Crippen MR) is 128 cm³/mol. The van der Waals surface area contributed by atoms with Crippen LogP contribution in [0, 0.1) is 11.3 Å². The van der Waals surface area contributed by atoms with Crippen LogP contribution in [0.25, 0.3) is 22.4 Å². The third-order valence-electron chi connectivity index (χ3n) is 5.00. The molecule has 5 heteroatoms. The fraction of sp³-hybridized carbons (Fsp3) is 0.0741. The van der Waals surface area contributed by atoms with Crippen molar-refractivity contribution in [2.24, 2.45) is 0 Å². The largest absolute Gasteiger partial charge is 0.496 e. The molecule has 0 radical (unpaired) electrons. The molecular formula is C27H20N2O2S. The molecule has 0 bridgehead atoms. The van der Waals surface area contributed by atoms with Crippen LogP contribution >= 0.6 is 11.8 Å². The maximum Gasteiger partial charge on any atom is 0.173 e. The Labute approximate surface area is 191 Å². The zero-order valence-corrected chi connectivity index (χ0v) is 18.3. The number of nitrogens with zero attached hydrogens (tertiary/aromatic N) is 2. The molecule has 0 aliphatic heterocycles. The number of carbonyl (C=O) groups excluding carboxylic acids is 1.